The molecule has 0 spiro atoms. The number of hydrogen-bond donors (Lipinski definition) is 2. The molecule has 0 saturated heterocycles. The third kappa shape index (κ3) is 3.75. The summed E-state index contributed by atoms with van der Waals surface area (Å²) >= 11 is 0. The molecule has 0 bridgehead atoms. The third-order valence-electron chi connectivity index (χ3n) is 11.5. The molecular formula is C29H45N3O2. The predicted octanol–water partition coefficient (Wildman–Crippen LogP) is 5.55. The number of aliphatic hydroxyl groups excluding tert-OH is 1. The largest absolute Gasteiger partial charge is 0.393 e. The molecule has 2 N–H and O–H groups in total. The number of nitrogens with zero attached hydrogens (tertiary/aromatic N) is 3. The molecule has 5 rings (SSSR count). The lowest BCUT2D eigenvalue weighted by molar-refractivity contribution is -0.193. The van der Waals surface area contributed by atoms with Crippen LogP contribution in [0, 0.1) is 57.7 Å². The van der Waals surface area contributed by atoms with Crippen molar-refractivity contribution in [2.24, 2.45) is 46.3 Å². The molecule has 0 amide bonds. The molecule has 0 unspecified atom stereocenters. The molecule has 188 valence electrons. The molecule has 0 radical (unpaired) electrons. The SMILES string of the molecule is CCC[C@@]1(O)CC[C@@]2(C)[C@H](CC[C@@H]3[C@@H]2[C@@H](O)C[C@]2(C)[C@@H]([C@@H](C)Cn4cc(C#N)cn4)CC[C@@H]32)C1. The predicted molar refractivity (Wildman–Crippen MR) is 133 cm³/mol. The first-order valence-electron chi connectivity index (χ1n) is 14.0. The van der Waals surface area contributed by atoms with Crippen LogP contribution in [-0.2, 0) is 6.54 Å². The van der Waals surface area contributed by atoms with E-state index in [1.54, 1.807) is 6.20 Å². The molecule has 4 aliphatic carbocycles. The number of rotatable bonds is 5. The van der Waals surface area contributed by atoms with E-state index < -0.39 is 5.60 Å². The molecule has 4 saturated carbocycles. The zero-order valence-electron chi connectivity index (χ0n) is 21.7. The second-order valence-corrected chi connectivity index (χ2v) is 13.3. The molecule has 5 heteroatoms. The Kier molecular flexibility index (Phi) is 6.17. The Hall–Kier alpha value is -1.38. The first-order chi connectivity index (χ1) is 16.1. The maximum Gasteiger partial charge on any atom is 0.102 e. The van der Waals surface area contributed by atoms with Gasteiger partial charge in [0, 0.05) is 12.7 Å². The molecule has 4 aliphatic rings. The van der Waals surface area contributed by atoms with Crippen LogP contribution in [0.4, 0.5) is 0 Å². The molecule has 5 nitrogen and oxygen atoms in total. The maximum absolute atomic E-state index is 11.8. The van der Waals surface area contributed by atoms with E-state index in [0.29, 0.717) is 41.1 Å². The molecule has 4 fully saturated rings. The summed E-state index contributed by atoms with van der Waals surface area (Å²) in [5.41, 5.74) is 0.482. The average Bonchev–Trinajstić information content (AvgIpc) is 3.37. The van der Waals surface area contributed by atoms with Crippen LogP contribution in [0.3, 0.4) is 0 Å². The Balaban J connectivity index is 1.35. The highest BCUT2D eigenvalue weighted by Crippen LogP contribution is 2.69. The van der Waals surface area contributed by atoms with Crippen molar-refractivity contribution in [1.82, 2.24) is 9.78 Å². The van der Waals surface area contributed by atoms with E-state index >= 15 is 0 Å². The monoisotopic (exact) mass is 467 g/mol. The summed E-state index contributed by atoms with van der Waals surface area (Å²) in [5.74, 6) is 3.27. The molecular weight excluding hydrogens is 422 g/mol. The summed E-state index contributed by atoms with van der Waals surface area (Å²) in [6, 6.07) is 2.19. The van der Waals surface area contributed by atoms with Gasteiger partial charge in [0.15, 0.2) is 0 Å². The van der Waals surface area contributed by atoms with Crippen LogP contribution in [0.15, 0.2) is 12.4 Å². The lowest BCUT2D eigenvalue weighted by Gasteiger charge is -2.63. The van der Waals surface area contributed by atoms with Gasteiger partial charge in [-0.1, -0.05) is 34.1 Å². The lowest BCUT2D eigenvalue weighted by atomic mass is 9.42. The van der Waals surface area contributed by atoms with E-state index in [9.17, 15) is 10.2 Å². The van der Waals surface area contributed by atoms with Gasteiger partial charge in [0.2, 0.25) is 0 Å². The van der Waals surface area contributed by atoms with Crippen molar-refractivity contribution in [3.8, 4) is 6.07 Å². The van der Waals surface area contributed by atoms with E-state index in [1.165, 1.54) is 25.7 Å². The van der Waals surface area contributed by atoms with Crippen LogP contribution in [0.25, 0.3) is 0 Å². The van der Waals surface area contributed by atoms with E-state index in [4.69, 9.17) is 5.26 Å². The van der Waals surface area contributed by atoms with Gasteiger partial charge in [0.05, 0.1) is 23.5 Å². The minimum absolute atomic E-state index is 0.163. The Morgan fingerprint density at radius 1 is 1.18 bits per heavy atom. The van der Waals surface area contributed by atoms with E-state index in [1.807, 2.05) is 10.9 Å². The number of aliphatic hydroxyl groups is 2. The third-order valence-corrected chi connectivity index (χ3v) is 11.5. The molecule has 1 aromatic heterocycles. The van der Waals surface area contributed by atoms with Gasteiger partial charge < -0.3 is 10.2 Å². The Labute approximate surface area is 205 Å². The van der Waals surface area contributed by atoms with Gasteiger partial charge in [0.25, 0.3) is 0 Å². The van der Waals surface area contributed by atoms with Crippen molar-refractivity contribution in [1.29, 1.82) is 5.26 Å². The Morgan fingerprint density at radius 3 is 2.68 bits per heavy atom. The van der Waals surface area contributed by atoms with E-state index in [0.717, 1.165) is 45.1 Å². The van der Waals surface area contributed by atoms with Crippen molar-refractivity contribution in [2.75, 3.05) is 0 Å². The Morgan fingerprint density at radius 2 is 1.97 bits per heavy atom. The summed E-state index contributed by atoms with van der Waals surface area (Å²) in [7, 11) is 0. The summed E-state index contributed by atoms with van der Waals surface area (Å²) < 4.78 is 1.94. The van der Waals surface area contributed by atoms with Crippen LogP contribution >= 0.6 is 0 Å². The smallest absolute Gasteiger partial charge is 0.102 e. The van der Waals surface area contributed by atoms with Crippen molar-refractivity contribution >= 4 is 0 Å². The van der Waals surface area contributed by atoms with Crippen molar-refractivity contribution in [2.45, 2.75) is 110 Å². The van der Waals surface area contributed by atoms with Crippen molar-refractivity contribution in [3.63, 3.8) is 0 Å². The highest BCUT2D eigenvalue weighted by Gasteiger charge is 2.64. The zero-order valence-corrected chi connectivity index (χ0v) is 21.7. The summed E-state index contributed by atoms with van der Waals surface area (Å²) in [6.45, 7) is 10.3. The van der Waals surface area contributed by atoms with Crippen LogP contribution in [-0.4, -0.2) is 31.7 Å². The molecule has 1 heterocycles. The van der Waals surface area contributed by atoms with Gasteiger partial charge in [-0.2, -0.15) is 10.4 Å². The Bertz CT molecular complexity index is 938. The second-order valence-electron chi connectivity index (χ2n) is 13.3. The van der Waals surface area contributed by atoms with Crippen molar-refractivity contribution < 1.29 is 10.2 Å². The number of nitriles is 1. The summed E-state index contributed by atoms with van der Waals surface area (Å²) in [4.78, 5) is 0. The minimum atomic E-state index is -0.480. The van der Waals surface area contributed by atoms with Gasteiger partial charge in [-0.3, -0.25) is 4.68 Å². The highest BCUT2D eigenvalue weighted by atomic mass is 16.3. The van der Waals surface area contributed by atoms with Crippen molar-refractivity contribution in [3.05, 3.63) is 18.0 Å². The van der Waals surface area contributed by atoms with Crippen LogP contribution < -0.4 is 0 Å². The number of aromatic nitrogens is 2. The molecule has 34 heavy (non-hydrogen) atoms. The first kappa shape index (κ1) is 24.3. The topological polar surface area (TPSA) is 82.1 Å². The fourth-order valence-electron chi connectivity index (χ4n) is 10.1. The zero-order chi connectivity index (χ0) is 24.3. The average molecular weight is 468 g/mol. The highest BCUT2D eigenvalue weighted by molar-refractivity contribution is 5.21. The maximum atomic E-state index is 11.8. The van der Waals surface area contributed by atoms with E-state index in [2.05, 4.69) is 38.9 Å². The van der Waals surface area contributed by atoms with Crippen LogP contribution in [0.1, 0.15) is 97.5 Å². The molecule has 1 aromatic rings. The minimum Gasteiger partial charge on any atom is -0.393 e. The van der Waals surface area contributed by atoms with Crippen LogP contribution in [0.5, 0.6) is 0 Å². The summed E-state index contributed by atoms with van der Waals surface area (Å²) in [6.07, 6.45) is 14.0. The molecule has 0 aliphatic heterocycles. The first-order valence-corrected chi connectivity index (χ1v) is 14.0. The molecule has 0 aromatic carbocycles. The van der Waals surface area contributed by atoms with Gasteiger partial charge in [0.1, 0.15) is 6.07 Å². The normalized spacial score (nSPS) is 46.7. The standard InChI is InChI=1S/C29H45N3O2/c1-5-10-29(34)12-11-27(3)21(13-29)6-7-22-24-9-8-23(28(24,4)14-25(33)26(22)27)19(2)17-32-18-20(15-30)16-31-32/h16,18-19,21-26,33-34H,5-14,17H2,1-4H3/t19-,21+,22-,23+,24-,25-,26+,27-,28+,29+/m0/s1. The molecule has 10 atom stereocenters. The van der Waals surface area contributed by atoms with Gasteiger partial charge in [-0.15, -0.1) is 0 Å². The van der Waals surface area contributed by atoms with E-state index in [-0.39, 0.29) is 16.9 Å². The van der Waals surface area contributed by atoms with Gasteiger partial charge in [-0.25, -0.2) is 0 Å². The number of hydrogen-bond acceptors (Lipinski definition) is 4. The second kappa shape index (κ2) is 8.63. The summed E-state index contributed by atoms with van der Waals surface area (Å²) in [5, 5.41) is 36.5. The van der Waals surface area contributed by atoms with Gasteiger partial charge >= 0.3 is 0 Å². The quantitative estimate of drug-likeness (QED) is 0.595. The fourth-order valence-corrected chi connectivity index (χ4v) is 10.1. The van der Waals surface area contributed by atoms with Gasteiger partial charge in [-0.05, 0) is 104 Å². The lowest BCUT2D eigenvalue weighted by Crippen LogP contribution is -2.60. The fraction of sp³-hybridized carbons (Fsp3) is 0.862. The number of fused-ring (bicyclic) bond motifs is 5. The van der Waals surface area contributed by atoms with Crippen LogP contribution in [0.2, 0.25) is 0 Å².